The van der Waals surface area contributed by atoms with Crippen LogP contribution in [0, 0.1) is 0 Å². The highest BCUT2D eigenvalue weighted by Gasteiger charge is 2.25. The molecular weight excluding hydrogens is 684 g/mol. The first kappa shape index (κ1) is 37.2. The molecule has 278 valence electrons. The maximum Gasteiger partial charge on any atom is 0.408 e. The Morgan fingerprint density at radius 3 is 1.33 bits per heavy atom. The summed E-state index contributed by atoms with van der Waals surface area (Å²) in [6, 6.07) is 32.4. The highest BCUT2D eigenvalue weighted by Crippen LogP contribution is 2.21. The number of alkyl carbamates (subject to hydrolysis) is 2. The maximum atomic E-state index is 13.4. The van der Waals surface area contributed by atoms with Crippen molar-refractivity contribution in [3.8, 4) is 0 Å². The van der Waals surface area contributed by atoms with E-state index in [1.807, 2.05) is 122 Å². The zero-order valence-electron chi connectivity index (χ0n) is 29.8. The molecule has 0 saturated carbocycles. The first-order valence-corrected chi connectivity index (χ1v) is 18.0. The second kappa shape index (κ2) is 18.8. The van der Waals surface area contributed by atoms with E-state index in [0.29, 0.717) is 25.9 Å². The zero-order chi connectivity index (χ0) is 37.5. The number of rotatable bonds is 17. The van der Waals surface area contributed by atoms with Crippen molar-refractivity contribution in [3.63, 3.8) is 0 Å². The lowest BCUT2D eigenvalue weighted by molar-refractivity contribution is -0.124. The summed E-state index contributed by atoms with van der Waals surface area (Å²) in [4.78, 5) is 58.9. The van der Waals surface area contributed by atoms with Crippen molar-refractivity contribution in [1.82, 2.24) is 31.2 Å². The molecule has 2 unspecified atom stereocenters. The third kappa shape index (κ3) is 10.5. The summed E-state index contributed by atoms with van der Waals surface area (Å²) in [5, 5.41) is 13.3. The van der Waals surface area contributed by atoms with Gasteiger partial charge < -0.3 is 40.7 Å². The van der Waals surface area contributed by atoms with Crippen LogP contribution < -0.4 is 21.3 Å². The highest BCUT2D eigenvalue weighted by atomic mass is 16.6. The van der Waals surface area contributed by atoms with Gasteiger partial charge in [0.05, 0.1) is 0 Å². The van der Waals surface area contributed by atoms with Gasteiger partial charge in [-0.25, -0.2) is 9.59 Å². The molecule has 0 radical (unpaired) electrons. The Kier molecular flexibility index (Phi) is 12.9. The summed E-state index contributed by atoms with van der Waals surface area (Å²) in [6.07, 6.45) is 3.93. The van der Waals surface area contributed by atoms with Crippen LogP contribution in [0.1, 0.15) is 35.1 Å². The number of hydrogen-bond acceptors (Lipinski definition) is 6. The number of fused-ring (bicyclic) bond motifs is 2. The molecule has 2 aromatic heterocycles. The summed E-state index contributed by atoms with van der Waals surface area (Å²) >= 11 is 0. The molecule has 6 rings (SSSR count). The van der Waals surface area contributed by atoms with Crippen molar-refractivity contribution >= 4 is 45.8 Å². The molecule has 0 spiro atoms. The van der Waals surface area contributed by atoms with Gasteiger partial charge in [-0.05, 0) is 47.2 Å². The zero-order valence-corrected chi connectivity index (χ0v) is 29.8. The third-order valence-corrected chi connectivity index (χ3v) is 9.04. The molecule has 0 fully saturated rings. The number of aromatic amines is 2. The van der Waals surface area contributed by atoms with E-state index in [2.05, 4.69) is 31.2 Å². The molecule has 0 saturated heterocycles. The number of amides is 4. The Morgan fingerprint density at radius 1 is 0.519 bits per heavy atom. The average Bonchev–Trinajstić information content (AvgIpc) is 3.81. The first-order chi connectivity index (χ1) is 26.4. The monoisotopic (exact) mass is 728 g/mol. The van der Waals surface area contributed by atoms with E-state index in [1.54, 1.807) is 0 Å². The first-order valence-electron chi connectivity index (χ1n) is 18.0. The second-order valence-electron chi connectivity index (χ2n) is 12.9. The van der Waals surface area contributed by atoms with Gasteiger partial charge in [0.15, 0.2) is 0 Å². The molecule has 0 aliphatic heterocycles. The number of carbonyl (C=O) groups excluding carboxylic acids is 4. The van der Waals surface area contributed by atoms with Crippen LogP contribution in [0.4, 0.5) is 9.59 Å². The summed E-state index contributed by atoms with van der Waals surface area (Å²) in [5.41, 5.74) is 5.31. The van der Waals surface area contributed by atoms with Crippen LogP contribution in [-0.2, 0) is 45.1 Å². The quantitative estimate of drug-likeness (QED) is 0.0627. The number of para-hydroxylation sites is 2. The van der Waals surface area contributed by atoms with Crippen LogP contribution in [0.15, 0.2) is 122 Å². The number of ether oxygens (including phenoxy) is 2. The molecule has 0 aliphatic rings. The maximum absolute atomic E-state index is 13.4. The van der Waals surface area contributed by atoms with Gasteiger partial charge in [0.25, 0.3) is 0 Å². The lowest BCUT2D eigenvalue weighted by Crippen LogP contribution is -2.49. The van der Waals surface area contributed by atoms with E-state index in [1.165, 1.54) is 0 Å². The van der Waals surface area contributed by atoms with Gasteiger partial charge in [-0.1, -0.05) is 97.1 Å². The van der Waals surface area contributed by atoms with Crippen LogP contribution in [0.5, 0.6) is 0 Å². The van der Waals surface area contributed by atoms with Crippen LogP contribution in [0.2, 0.25) is 0 Å². The van der Waals surface area contributed by atoms with Gasteiger partial charge in [0, 0.05) is 60.1 Å². The van der Waals surface area contributed by atoms with Gasteiger partial charge in [0.2, 0.25) is 11.8 Å². The number of nitrogens with one attached hydrogen (secondary N) is 6. The van der Waals surface area contributed by atoms with E-state index in [9.17, 15) is 19.2 Å². The Labute approximate surface area is 313 Å². The summed E-state index contributed by atoms with van der Waals surface area (Å²) in [5.74, 6) is -0.698. The Hall–Kier alpha value is -6.56. The molecule has 0 bridgehead atoms. The molecule has 0 aliphatic carbocycles. The highest BCUT2D eigenvalue weighted by molar-refractivity contribution is 5.89. The molecule has 6 N–H and O–H groups in total. The van der Waals surface area contributed by atoms with Crippen LogP contribution in [0.25, 0.3) is 21.8 Å². The molecule has 12 nitrogen and oxygen atoms in total. The molecule has 54 heavy (non-hydrogen) atoms. The lowest BCUT2D eigenvalue weighted by atomic mass is 10.0. The minimum atomic E-state index is -0.884. The lowest BCUT2D eigenvalue weighted by Gasteiger charge is -2.19. The molecule has 4 amide bonds. The minimum absolute atomic E-state index is 0.0762. The minimum Gasteiger partial charge on any atom is -0.445 e. The SMILES string of the molecule is O=C(NC(Cc1c[nH]c2ccccc12)C(=O)NCCCCNC(=O)C(Cc1c[nH]c2ccccc12)NC(=O)OCc1ccccc1)OCc1ccccc1. The number of carbonyl (C=O) groups is 4. The topological polar surface area (TPSA) is 166 Å². The van der Waals surface area contributed by atoms with Crippen LogP contribution in [0.3, 0.4) is 0 Å². The van der Waals surface area contributed by atoms with E-state index in [4.69, 9.17) is 9.47 Å². The molecule has 6 aromatic rings. The van der Waals surface area contributed by atoms with Gasteiger partial charge in [0.1, 0.15) is 25.3 Å². The summed E-state index contributed by atoms with van der Waals surface area (Å²) < 4.78 is 10.8. The van der Waals surface area contributed by atoms with Gasteiger partial charge in [-0.2, -0.15) is 0 Å². The number of H-pyrrole nitrogens is 2. The van der Waals surface area contributed by atoms with Crippen molar-refractivity contribution in [2.24, 2.45) is 0 Å². The van der Waals surface area contributed by atoms with Crippen molar-refractivity contribution in [3.05, 3.63) is 144 Å². The van der Waals surface area contributed by atoms with Crippen molar-refractivity contribution in [2.75, 3.05) is 13.1 Å². The predicted octanol–water partition coefficient (Wildman–Crippen LogP) is 6.04. The van der Waals surface area contributed by atoms with Crippen LogP contribution in [-0.4, -0.2) is 59.1 Å². The standard InChI is InChI=1S/C42H44N6O6/c49-39(37(23-31-25-45-35-19-9-7-17-33(31)35)47-41(51)53-27-29-13-3-1-4-14-29)43-21-11-12-22-44-40(50)38(24-32-26-46-36-20-10-8-18-34(32)36)48-42(52)54-28-30-15-5-2-6-16-30/h1-10,13-20,25-26,37-38,45-46H,11-12,21-24,27-28H2,(H,43,49)(H,44,50)(H,47,51)(H,48,52). The summed E-state index contributed by atoms with van der Waals surface area (Å²) in [7, 11) is 0. The van der Waals surface area contributed by atoms with E-state index < -0.39 is 24.3 Å². The van der Waals surface area contributed by atoms with Gasteiger partial charge >= 0.3 is 12.2 Å². The molecule has 2 atom stereocenters. The van der Waals surface area contributed by atoms with E-state index in [-0.39, 0.29) is 37.9 Å². The normalized spacial score (nSPS) is 12.1. The predicted molar refractivity (Wildman–Crippen MR) is 206 cm³/mol. The average molecular weight is 729 g/mol. The third-order valence-electron chi connectivity index (χ3n) is 9.04. The van der Waals surface area contributed by atoms with Crippen molar-refractivity contribution in [2.45, 2.75) is 51.0 Å². The fourth-order valence-electron chi connectivity index (χ4n) is 6.19. The largest absolute Gasteiger partial charge is 0.445 e. The molecular formula is C42H44N6O6. The molecule has 12 heteroatoms. The number of benzene rings is 4. The number of aromatic nitrogens is 2. The van der Waals surface area contributed by atoms with Crippen LogP contribution >= 0.6 is 0 Å². The van der Waals surface area contributed by atoms with Crippen molar-refractivity contribution < 1.29 is 28.7 Å². The Bertz CT molecular complexity index is 1990. The fraction of sp³-hybridized carbons (Fsp3) is 0.238. The fourth-order valence-corrected chi connectivity index (χ4v) is 6.19. The van der Waals surface area contributed by atoms with Crippen molar-refractivity contribution in [1.29, 1.82) is 0 Å². The number of unbranched alkanes of at least 4 members (excludes halogenated alkanes) is 1. The Morgan fingerprint density at radius 2 is 0.907 bits per heavy atom. The number of hydrogen-bond donors (Lipinski definition) is 6. The van der Waals surface area contributed by atoms with E-state index in [0.717, 1.165) is 44.1 Å². The second-order valence-corrected chi connectivity index (χ2v) is 12.9. The Balaban J connectivity index is 1.00. The molecule has 2 heterocycles. The van der Waals surface area contributed by atoms with E-state index >= 15 is 0 Å². The smallest absolute Gasteiger partial charge is 0.408 e. The summed E-state index contributed by atoms with van der Waals surface area (Å²) in [6.45, 7) is 0.797. The molecule has 4 aromatic carbocycles. The van der Waals surface area contributed by atoms with Gasteiger partial charge in [-0.3, -0.25) is 9.59 Å². The van der Waals surface area contributed by atoms with Gasteiger partial charge in [-0.15, -0.1) is 0 Å².